The van der Waals surface area contributed by atoms with Gasteiger partial charge in [-0.25, -0.2) is 0 Å². The van der Waals surface area contributed by atoms with E-state index in [-0.39, 0.29) is 12.5 Å². The highest BCUT2D eigenvalue weighted by Crippen LogP contribution is 2.29. The van der Waals surface area contributed by atoms with Gasteiger partial charge < -0.3 is 14.8 Å². The Hall–Kier alpha value is -3.27. The smallest absolute Gasteiger partial charge is 0.262 e. The van der Waals surface area contributed by atoms with E-state index in [0.717, 1.165) is 11.1 Å². The van der Waals surface area contributed by atoms with Gasteiger partial charge >= 0.3 is 0 Å². The zero-order valence-electron chi connectivity index (χ0n) is 14.9. The Morgan fingerprint density at radius 3 is 2.23 bits per heavy atom. The largest absolute Gasteiger partial charge is 0.484 e. The van der Waals surface area contributed by atoms with Gasteiger partial charge in [0.1, 0.15) is 11.5 Å². The van der Waals surface area contributed by atoms with Gasteiger partial charge in [-0.05, 0) is 61.4 Å². The molecule has 3 aromatic rings. The second-order valence-electron chi connectivity index (χ2n) is 6.07. The molecule has 0 saturated heterocycles. The normalized spacial score (nSPS) is 10.2. The van der Waals surface area contributed by atoms with Crippen LogP contribution in [0.15, 0.2) is 72.8 Å². The predicted octanol–water partition coefficient (Wildman–Crippen LogP) is 5.11. The van der Waals surface area contributed by atoms with Crippen molar-refractivity contribution in [3.63, 3.8) is 0 Å². The summed E-state index contributed by atoms with van der Waals surface area (Å²) in [5, 5.41) is 2.84. The van der Waals surface area contributed by atoms with Crippen LogP contribution in [0, 0.1) is 13.8 Å². The second-order valence-corrected chi connectivity index (χ2v) is 6.07. The van der Waals surface area contributed by atoms with E-state index in [1.54, 1.807) is 6.07 Å². The van der Waals surface area contributed by atoms with Crippen LogP contribution in [-0.4, -0.2) is 12.5 Å². The third-order valence-corrected chi connectivity index (χ3v) is 3.70. The number of anilines is 1. The number of aryl methyl sites for hydroxylation is 2. The van der Waals surface area contributed by atoms with Crippen LogP contribution in [0.2, 0.25) is 0 Å². The summed E-state index contributed by atoms with van der Waals surface area (Å²) in [5.74, 6) is 1.74. The fourth-order valence-electron chi connectivity index (χ4n) is 2.63. The fraction of sp³-hybridized carbons (Fsp3) is 0.136. The molecule has 0 unspecified atom stereocenters. The van der Waals surface area contributed by atoms with E-state index in [1.165, 1.54) is 0 Å². The Morgan fingerprint density at radius 1 is 0.846 bits per heavy atom. The number of benzene rings is 3. The fourth-order valence-corrected chi connectivity index (χ4v) is 2.63. The highest BCUT2D eigenvalue weighted by molar-refractivity contribution is 5.93. The highest BCUT2D eigenvalue weighted by Gasteiger charge is 2.09. The van der Waals surface area contributed by atoms with Gasteiger partial charge in [0.25, 0.3) is 5.91 Å². The number of para-hydroxylation sites is 3. The van der Waals surface area contributed by atoms with Crippen molar-refractivity contribution < 1.29 is 14.3 Å². The second kappa shape index (κ2) is 8.21. The van der Waals surface area contributed by atoms with Gasteiger partial charge in [-0.3, -0.25) is 4.79 Å². The third kappa shape index (κ3) is 4.86. The van der Waals surface area contributed by atoms with Gasteiger partial charge in [0.2, 0.25) is 0 Å². The van der Waals surface area contributed by atoms with Crippen molar-refractivity contribution in [1.82, 2.24) is 0 Å². The molecule has 0 spiro atoms. The van der Waals surface area contributed by atoms with Crippen molar-refractivity contribution in [3.8, 4) is 17.2 Å². The molecule has 1 amide bonds. The number of hydrogen-bond donors (Lipinski definition) is 1. The summed E-state index contributed by atoms with van der Waals surface area (Å²) in [6, 6.07) is 22.6. The monoisotopic (exact) mass is 347 g/mol. The molecule has 26 heavy (non-hydrogen) atoms. The summed E-state index contributed by atoms with van der Waals surface area (Å²) in [7, 11) is 0. The molecule has 0 bridgehead atoms. The molecule has 3 aromatic carbocycles. The average Bonchev–Trinajstić information content (AvgIpc) is 2.62. The van der Waals surface area contributed by atoms with Crippen LogP contribution in [0.5, 0.6) is 17.2 Å². The molecule has 0 radical (unpaired) electrons. The van der Waals surface area contributed by atoms with Crippen molar-refractivity contribution in [2.24, 2.45) is 0 Å². The lowest BCUT2D eigenvalue weighted by Gasteiger charge is -2.13. The van der Waals surface area contributed by atoms with Crippen molar-refractivity contribution in [3.05, 3.63) is 83.9 Å². The minimum Gasteiger partial charge on any atom is -0.484 e. The van der Waals surface area contributed by atoms with Gasteiger partial charge in [-0.2, -0.15) is 0 Å². The zero-order valence-corrected chi connectivity index (χ0v) is 14.9. The molecule has 0 saturated carbocycles. The Kier molecular flexibility index (Phi) is 5.54. The summed E-state index contributed by atoms with van der Waals surface area (Å²) in [6.07, 6.45) is 0. The Labute approximate surface area is 153 Å². The molecule has 132 valence electrons. The number of carbonyl (C=O) groups excluding carboxylic acids is 1. The van der Waals surface area contributed by atoms with Crippen LogP contribution in [0.25, 0.3) is 0 Å². The van der Waals surface area contributed by atoms with E-state index in [2.05, 4.69) is 11.4 Å². The number of amides is 1. The number of ether oxygens (including phenoxy) is 2. The van der Waals surface area contributed by atoms with Crippen molar-refractivity contribution in [2.75, 3.05) is 11.9 Å². The summed E-state index contributed by atoms with van der Waals surface area (Å²) in [6.45, 7) is 3.93. The molecule has 4 heteroatoms. The molecular weight excluding hydrogens is 326 g/mol. The summed E-state index contributed by atoms with van der Waals surface area (Å²) >= 11 is 0. The first-order chi connectivity index (χ1) is 12.6. The third-order valence-electron chi connectivity index (χ3n) is 3.70. The van der Waals surface area contributed by atoms with Gasteiger partial charge in [0, 0.05) is 0 Å². The van der Waals surface area contributed by atoms with Crippen molar-refractivity contribution >= 4 is 11.6 Å². The average molecular weight is 347 g/mol. The quantitative estimate of drug-likeness (QED) is 0.674. The number of nitrogens with one attached hydrogen (secondary N) is 1. The number of carbonyl (C=O) groups is 1. The maximum atomic E-state index is 12.3. The van der Waals surface area contributed by atoms with Gasteiger partial charge in [-0.15, -0.1) is 0 Å². The molecule has 4 nitrogen and oxygen atoms in total. The molecule has 0 heterocycles. The van der Waals surface area contributed by atoms with Crippen molar-refractivity contribution in [1.29, 1.82) is 0 Å². The molecule has 0 atom stereocenters. The van der Waals surface area contributed by atoms with Gasteiger partial charge in [0.15, 0.2) is 12.4 Å². The molecule has 0 aliphatic heterocycles. The van der Waals surface area contributed by atoms with Crippen LogP contribution >= 0.6 is 0 Å². The van der Waals surface area contributed by atoms with Crippen LogP contribution in [0.3, 0.4) is 0 Å². The maximum absolute atomic E-state index is 12.3. The van der Waals surface area contributed by atoms with Crippen LogP contribution in [0.4, 0.5) is 5.69 Å². The minimum absolute atomic E-state index is 0.0669. The maximum Gasteiger partial charge on any atom is 0.262 e. The lowest BCUT2D eigenvalue weighted by Crippen LogP contribution is -2.20. The van der Waals surface area contributed by atoms with Gasteiger partial charge in [0.05, 0.1) is 5.69 Å². The van der Waals surface area contributed by atoms with E-state index >= 15 is 0 Å². The SMILES string of the molecule is Cc1cc(C)cc(OCC(=O)Nc2ccccc2Oc2ccccc2)c1. The number of rotatable bonds is 6. The first-order valence-electron chi connectivity index (χ1n) is 8.43. The lowest BCUT2D eigenvalue weighted by molar-refractivity contribution is -0.118. The first kappa shape index (κ1) is 17.5. The highest BCUT2D eigenvalue weighted by atomic mass is 16.5. The Balaban J connectivity index is 1.64. The molecule has 1 N–H and O–H groups in total. The molecule has 0 aliphatic carbocycles. The number of hydrogen-bond acceptors (Lipinski definition) is 3. The standard InChI is InChI=1S/C22H21NO3/c1-16-12-17(2)14-19(13-16)25-15-22(24)23-20-10-6-7-11-21(20)26-18-8-4-3-5-9-18/h3-14H,15H2,1-2H3,(H,23,24). The van der Waals surface area contributed by atoms with E-state index in [0.29, 0.717) is 22.9 Å². The topological polar surface area (TPSA) is 47.6 Å². The van der Waals surface area contributed by atoms with E-state index in [4.69, 9.17) is 9.47 Å². The lowest BCUT2D eigenvalue weighted by atomic mass is 10.1. The van der Waals surface area contributed by atoms with E-state index in [9.17, 15) is 4.79 Å². The molecule has 0 fully saturated rings. The van der Waals surface area contributed by atoms with Crippen LogP contribution in [-0.2, 0) is 4.79 Å². The molecular formula is C22H21NO3. The predicted molar refractivity (Wildman–Crippen MR) is 103 cm³/mol. The van der Waals surface area contributed by atoms with Crippen LogP contribution in [0.1, 0.15) is 11.1 Å². The summed E-state index contributed by atoms with van der Waals surface area (Å²) in [5.41, 5.74) is 2.80. The van der Waals surface area contributed by atoms with Gasteiger partial charge in [-0.1, -0.05) is 36.4 Å². The minimum atomic E-state index is -0.242. The Morgan fingerprint density at radius 2 is 1.50 bits per heavy atom. The Bertz CT molecular complexity index is 871. The summed E-state index contributed by atoms with van der Waals surface area (Å²) in [4.78, 5) is 12.3. The molecule has 0 aromatic heterocycles. The molecule has 0 aliphatic rings. The van der Waals surface area contributed by atoms with E-state index < -0.39 is 0 Å². The van der Waals surface area contributed by atoms with E-state index in [1.807, 2.05) is 74.5 Å². The van der Waals surface area contributed by atoms with Crippen molar-refractivity contribution in [2.45, 2.75) is 13.8 Å². The van der Waals surface area contributed by atoms with Crippen LogP contribution < -0.4 is 14.8 Å². The summed E-state index contributed by atoms with van der Waals surface area (Å²) < 4.78 is 11.5. The first-order valence-corrected chi connectivity index (χ1v) is 8.43. The zero-order chi connectivity index (χ0) is 18.4. The molecule has 3 rings (SSSR count).